The van der Waals surface area contributed by atoms with Crippen LogP contribution in [0.25, 0.3) is 21.7 Å². The number of phenols is 1. The van der Waals surface area contributed by atoms with E-state index in [1.165, 1.54) is 12.1 Å². The maximum atomic E-state index is 13.6. The Hall–Kier alpha value is -3.48. The fourth-order valence-corrected chi connectivity index (χ4v) is 3.17. The van der Waals surface area contributed by atoms with Crippen LogP contribution in [0.15, 0.2) is 63.8 Å². The minimum Gasteiger partial charge on any atom is -0.508 e. The van der Waals surface area contributed by atoms with Gasteiger partial charge in [-0.3, -0.25) is 4.79 Å². The summed E-state index contributed by atoms with van der Waals surface area (Å²) in [6.45, 7) is 1.75. The van der Waals surface area contributed by atoms with Crippen molar-refractivity contribution in [3.63, 3.8) is 0 Å². The largest absolute Gasteiger partial charge is 0.508 e. The summed E-state index contributed by atoms with van der Waals surface area (Å²) in [7, 11) is 0. The number of rotatable bonds is 3. The first-order valence-electron chi connectivity index (χ1n) is 8.84. The molecule has 4 aromatic rings. The van der Waals surface area contributed by atoms with E-state index in [1.54, 1.807) is 31.2 Å². The molecule has 0 atom stereocenters. The van der Waals surface area contributed by atoms with E-state index in [4.69, 9.17) is 9.15 Å². The zero-order valence-electron chi connectivity index (χ0n) is 15.2. The van der Waals surface area contributed by atoms with Crippen molar-refractivity contribution in [2.24, 2.45) is 0 Å². The standard InChI is InChI=1S/C22H15F3O4/c1-2-12-10-16-18(11-17(12)26)29-21(22(23,24)25)20(19(16)27)28-15-8-7-13-5-3-4-6-14(13)9-15/h3-11,26H,2H2,1H3. The van der Waals surface area contributed by atoms with Gasteiger partial charge in [0.2, 0.25) is 11.2 Å². The van der Waals surface area contributed by atoms with Gasteiger partial charge in [-0.2, -0.15) is 13.2 Å². The van der Waals surface area contributed by atoms with Gasteiger partial charge in [0.25, 0.3) is 5.76 Å². The van der Waals surface area contributed by atoms with E-state index in [9.17, 15) is 23.1 Å². The van der Waals surface area contributed by atoms with Gasteiger partial charge < -0.3 is 14.3 Å². The lowest BCUT2D eigenvalue weighted by molar-refractivity contribution is -0.154. The number of hydrogen-bond acceptors (Lipinski definition) is 4. The first-order valence-corrected chi connectivity index (χ1v) is 8.84. The highest BCUT2D eigenvalue weighted by molar-refractivity contribution is 5.84. The Morgan fingerprint density at radius 1 is 1.03 bits per heavy atom. The fraction of sp³-hybridized carbons (Fsp3) is 0.136. The van der Waals surface area contributed by atoms with E-state index >= 15 is 0 Å². The maximum Gasteiger partial charge on any atom is 0.453 e. The van der Waals surface area contributed by atoms with E-state index in [0.717, 1.165) is 16.8 Å². The summed E-state index contributed by atoms with van der Waals surface area (Å²) in [6.07, 6.45) is -4.57. The van der Waals surface area contributed by atoms with E-state index in [0.29, 0.717) is 12.0 Å². The lowest BCUT2D eigenvalue weighted by Gasteiger charge is -2.14. The van der Waals surface area contributed by atoms with Crippen LogP contribution in [0.4, 0.5) is 13.2 Å². The van der Waals surface area contributed by atoms with Crippen LogP contribution in [0.5, 0.6) is 17.2 Å². The maximum absolute atomic E-state index is 13.6. The summed E-state index contributed by atoms with van der Waals surface area (Å²) in [5.41, 5.74) is -0.898. The number of alkyl halides is 3. The van der Waals surface area contributed by atoms with Gasteiger partial charge in [-0.15, -0.1) is 0 Å². The number of ether oxygens (including phenoxy) is 1. The number of fused-ring (bicyclic) bond motifs is 2. The zero-order chi connectivity index (χ0) is 20.8. The van der Waals surface area contributed by atoms with Crippen molar-refractivity contribution in [2.75, 3.05) is 0 Å². The van der Waals surface area contributed by atoms with Crippen molar-refractivity contribution in [1.82, 2.24) is 0 Å². The number of aryl methyl sites for hydroxylation is 1. The molecule has 1 N–H and O–H groups in total. The second kappa shape index (κ2) is 6.84. The molecule has 0 fully saturated rings. The molecule has 0 aliphatic carbocycles. The van der Waals surface area contributed by atoms with Crippen LogP contribution in [-0.4, -0.2) is 5.11 Å². The molecule has 4 rings (SSSR count). The summed E-state index contributed by atoms with van der Waals surface area (Å²) >= 11 is 0. The van der Waals surface area contributed by atoms with E-state index in [1.807, 2.05) is 12.1 Å². The highest BCUT2D eigenvalue weighted by Crippen LogP contribution is 2.39. The monoisotopic (exact) mass is 400 g/mol. The van der Waals surface area contributed by atoms with Crippen LogP contribution >= 0.6 is 0 Å². The Bertz CT molecular complexity index is 1290. The van der Waals surface area contributed by atoms with Crippen LogP contribution < -0.4 is 10.2 Å². The lowest BCUT2D eigenvalue weighted by Crippen LogP contribution is -2.15. The van der Waals surface area contributed by atoms with Crippen LogP contribution in [0.3, 0.4) is 0 Å². The molecule has 0 aliphatic heterocycles. The Kier molecular flexibility index (Phi) is 4.45. The molecule has 0 saturated heterocycles. The summed E-state index contributed by atoms with van der Waals surface area (Å²) in [5.74, 6) is -2.64. The number of halogens is 3. The van der Waals surface area contributed by atoms with E-state index < -0.39 is 23.1 Å². The summed E-state index contributed by atoms with van der Waals surface area (Å²) < 4.78 is 51.1. The number of phenolic OH excluding ortho intramolecular Hbond substituents is 1. The van der Waals surface area contributed by atoms with Crippen molar-refractivity contribution < 1.29 is 27.4 Å². The molecule has 0 unspecified atom stereocenters. The van der Waals surface area contributed by atoms with Gasteiger partial charge in [-0.05, 0) is 41.0 Å². The molecule has 0 bridgehead atoms. The molecular weight excluding hydrogens is 385 g/mol. The molecule has 1 heterocycles. The van der Waals surface area contributed by atoms with Gasteiger partial charge in [0.15, 0.2) is 0 Å². The summed E-state index contributed by atoms with van der Waals surface area (Å²) in [5, 5.41) is 11.5. The van der Waals surface area contributed by atoms with E-state index in [-0.39, 0.29) is 22.5 Å². The van der Waals surface area contributed by atoms with Gasteiger partial charge >= 0.3 is 6.18 Å². The van der Waals surface area contributed by atoms with Crippen LogP contribution in [0.2, 0.25) is 0 Å². The number of benzene rings is 3. The normalized spacial score (nSPS) is 11.9. The summed E-state index contributed by atoms with van der Waals surface area (Å²) in [4.78, 5) is 12.9. The minimum absolute atomic E-state index is 0.0790. The Labute approximate surface area is 162 Å². The van der Waals surface area contributed by atoms with E-state index in [2.05, 4.69) is 0 Å². The molecule has 0 saturated carbocycles. The van der Waals surface area contributed by atoms with Gasteiger partial charge in [0, 0.05) is 6.07 Å². The minimum atomic E-state index is -4.96. The fourth-order valence-electron chi connectivity index (χ4n) is 3.17. The van der Waals surface area contributed by atoms with Gasteiger partial charge in [-0.1, -0.05) is 37.3 Å². The van der Waals surface area contributed by atoms with Crippen molar-refractivity contribution in [3.05, 3.63) is 76.1 Å². The third kappa shape index (κ3) is 3.40. The van der Waals surface area contributed by atoms with Gasteiger partial charge in [0.1, 0.15) is 17.1 Å². The third-order valence-corrected chi connectivity index (χ3v) is 4.63. The predicted molar refractivity (Wildman–Crippen MR) is 103 cm³/mol. The molecule has 29 heavy (non-hydrogen) atoms. The first-order chi connectivity index (χ1) is 13.8. The zero-order valence-corrected chi connectivity index (χ0v) is 15.2. The Morgan fingerprint density at radius 3 is 2.45 bits per heavy atom. The lowest BCUT2D eigenvalue weighted by atomic mass is 10.1. The number of aromatic hydroxyl groups is 1. The van der Waals surface area contributed by atoms with Crippen molar-refractivity contribution in [2.45, 2.75) is 19.5 Å². The number of hydrogen-bond donors (Lipinski definition) is 1. The molecule has 148 valence electrons. The average molecular weight is 400 g/mol. The Morgan fingerprint density at radius 2 is 1.76 bits per heavy atom. The highest BCUT2D eigenvalue weighted by Gasteiger charge is 2.40. The van der Waals surface area contributed by atoms with Crippen LogP contribution in [-0.2, 0) is 12.6 Å². The van der Waals surface area contributed by atoms with Crippen molar-refractivity contribution in [1.29, 1.82) is 0 Å². The molecule has 0 spiro atoms. The molecule has 0 radical (unpaired) electrons. The van der Waals surface area contributed by atoms with Crippen LogP contribution in [0, 0.1) is 0 Å². The highest BCUT2D eigenvalue weighted by atomic mass is 19.4. The van der Waals surface area contributed by atoms with Gasteiger partial charge in [0.05, 0.1) is 5.39 Å². The van der Waals surface area contributed by atoms with Crippen LogP contribution in [0.1, 0.15) is 18.2 Å². The second-order valence-corrected chi connectivity index (χ2v) is 6.53. The van der Waals surface area contributed by atoms with Crippen molar-refractivity contribution in [3.8, 4) is 17.2 Å². The molecule has 4 nitrogen and oxygen atoms in total. The molecule has 1 aromatic heterocycles. The molecular formula is C22H15F3O4. The molecule has 0 aliphatic rings. The average Bonchev–Trinajstić information content (AvgIpc) is 2.68. The second-order valence-electron chi connectivity index (χ2n) is 6.53. The SMILES string of the molecule is CCc1cc2c(=O)c(Oc3ccc4ccccc4c3)c(C(F)(F)F)oc2cc1O. The predicted octanol–water partition coefficient (Wildman–Crippen LogP) is 6.03. The molecule has 7 heteroatoms. The molecule has 3 aromatic carbocycles. The van der Waals surface area contributed by atoms with Gasteiger partial charge in [-0.25, -0.2) is 0 Å². The third-order valence-electron chi connectivity index (χ3n) is 4.63. The first kappa shape index (κ1) is 18.9. The Balaban J connectivity index is 1.94. The summed E-state index contributed by atoms with van der Waals surface area (Å²) in [6, 6.07) is 14.3. The topological polar surface area (TPSA) is 59.7 Å². The molecule has 0 amide bonds. The quantitative estimate of drug-likeness (QED) is 0.456. The smallest absolute Gasteiger partial charge is 0.453 e. The van der Waals surface area contributed by atoms with Crippen molar-refractivity contribution >= 4 is 21.7 Å².